The third-order valence-electron chi connectivity index (χ3n) is 5.76. The Kier molecular flexibility index (Phi) is 7.87. The van der Waals surface area contributed by atoms with Gasteiger partial charge in [-0.1, -0.05) is 23.5 Å². The maximum absolute atomic E-state index is 13.8. The summed E-state index contributed by atoms with van der Waals surface area (Å²) in [6, 6.07) is 10.8. The van der Waals surface area contributed by atoms with Crippen molar-refractivity contribution in [2.75, 3.05) is 32.7 Å². The number of benzene rings is 2. The Hall–Kier alpha value is -2.69. The lowest BCUT2D eigenvalue weighted by Gasteiger charge is -2.25. The molecule has 0 saturated heterocycles. The lowest BCUT2D eigenvalue weighted by atomic mass is 9.96. The van der Waals surface area contributed by atoms with Crippen LogP contribution in [0.3, 0.4) is 0 Å². The van der Waals surface area contributed by atoms with Gasteiger partial charge in [0.25, 0.3) is 5.56 Å². The second-order valence-corrected chi connectivity index (χ2v) is 11.0. The van der Waals surface area contributed by atoms with Crippen LogP contribution in [0.5, 0.6) is 5.75 Å². The quantitative estimate of drug-likeness (QED) is 0.376. The maximum Gasteiger partial charge on any atom is 0.338 e. The minimum atomic E-state index is -0.687. The molecule has 0 radical (unpaired) electrons. The van der Waals surface area contributed by atoms with E-state index in [0.29, 0.717) is 30.8 Å². The number of hydrogen-bond acceptors (Lipinski definition) is 7. The molecule has 1 atom stereocenters. The van der Waals surface area contributed by atoms with Crippen molar-refractivity contribution in [3.63, 3.8) is 0 Å². The minimum Gasteiger partial charge on any atom is -0.496 e. The van der Waals surface area contributed by atoms with Gasteiger partial charge in [0, 0.05) is 18.6 Å². The lowest BCUT2D eigenvalue weighted by Crippen LogP contribution is -2.40. The number of anilines is 1. The van der Waals surface area contributed by atoms with Crippen molar-refractivity contribution in [3.05, 3.63) is 87.4 Å². The number of halogens is 2. The van der Waals surface area contributed by atoms with E-state index in [-0.39, 0.29) is 12.2 Å². The fourth-order valence-electron chi connectivity index (χ4n) is 4.09. The summed E-state index contributed by atoms with van der Waals surface area (Å²) in [5.41, 5.74) is 3.29. The van der Waals surface area contributed by atoms with Gasteiger partial charge in [-0.25, -0.2) is 9.79 Å². The summed E-state index contributed by atoms with van der Waals surface area (Å²) in [6.07, 6.45) is 1.85. The normalized spacial score (nSPS) is 15.4. The molecule has 0 spiro atoms. The van der Waals surface area contributed by atoms with Crippen molar-refractivity contribution in [2.24, 2.45) is 4.99 Å². The van der Waals surface area contributed by atoms with Crippen molar-refractivity contribution in [3.8, 4) is 5.75 Å². The lowest BCUT2D eigenvalue weighted by molar-refractivity contribution is -0.139. The first-order valence-corrected chi connectivity index (χ1v) is 13.6. The number of nitrogens with zero attached hydrogens (tertiary/aromatic N) is 3. The van der Waals surface area contributed by atoms with Crippen LogP contribution in [0.1, 0.15) is 31.0 Å². The van der Waals surface area contributed by atoms with Crippen LogP contribution in [0, 0.1) is 0 Å². The highest BCUT2D eigenvalue weighted by molar-refractivity contribution is 9.11. The molecule has 0 N–H and O–H groups in total. The number of fused-ring (bicyclic) bond motifs is 1. The molecule has 3 aromatic rings. The Morgan fingerprint density at radius 1 is 1.19 bits per heavy atom. The third-order valence-corrected chi connectivity index (χ3v) is 8.00. The molecule has 0 unspecified atom stereocenters. The fourth-order valence-corrected chi connectivity index (χ4v) is 6.44. The zero-order valence-electron chi connectivity index (χ0n) is 20.5. The topological polar surface area (TPSA) is 73.1 Å². The zero-order valence-corrected chi connectivity index (χ0v) is 24.5. The number of ether oxygens (including phenoxy) is 2. The summed E-state index contributed by atoms with van der Waals surface area (Å²) in [5, 5.41) is 0. The van der Waals surface area contributed by atoms with Crippen LogP contribution >= 0.6 is 43.2 Å². The first kappa shape index (κ1) is 26.4. The van der Waals surface area contributed by atoms with Gasteiger partial charge in [-0.15, -0.1) is 0 Å². The molecule has 2 heterocycles. The first-order chi connectivity index (χ1) is 17.2. The molecule has 1 aliphatic rings. The Labute approximate surface area is 229 Å². The molecule has 0 aliphatic carbocycles. The second-order valence-electron chi connectivity index (χ2n) is 8.30. The monoisotopic (exact) mass is 633 g/mol. The highest BCUT2D eigenvalue weighted by atomic mass is 79.9. The van der Waals surface area contributed by atoms with Gasteiger partial charge >= 0.3 is 5.97 Å². The number of carbonyl (C=O) groups excluding carboxylic acids is 1. The molecule has 1 aliphatic heterocycles. The van der Waals surface area contributed by atoms with Gasteiger partial charge in [0.05, 0.1) is 45.7 Å². The predicted molar refractivity (Wildman–Crippen MR) is 150 cm³/mol. The van der Waals surface area contributed by atoms with Crippen LogP contribution < -0.4 is 24.5 Å². The van der Waals surface area contributed by atoms with Gasteiger partial charge in [-0.3, -0.25) is 9.36 Å². The smallest absolute Gasteiger partial charge is 0.338 e. The van der Waals surface area contributed by atoms with Crippen molar-refractivity contribution in [1.82, 2.24) is 4.57 Å². The van der Waals surface area contributed by atoms with E-state index >= 15 is 0 Å². The Morgan fingerprint density at radius 2 is 1.94 bits per heavy atom. The summed E-state index contributed by atoms with van der Waals surface area (Å²) < 4.78 is 14.5. The molecular formula is C26H25Br2N3O4S. The number of allylic oxidation sites excluding steroid dienone is 1. The Bertz CT molecular complexity index is 1560. The molecule has 188 valence electrons. The Morgan fingerprint density at radius 3 is 2.56 bits per heavy atom. The van der Waals surface area contributed by atoms with E-state index < -0.39 is 12.0 Å². The summed E-state index contributed by atoms with van der Waals surface area (Å²) >= 11 is 8.43. The van der Waals surface area contributed by atoms with Crippen molar-refractivity contribution in [2.45, 2.75) is 19.9 Å². The van der Waals surface area contributed by atoms with Crippen molar-refractivity contribution >= 4 is 60.9 Å². The molecule has 2 aromatic carbocycles. The highest BCUT2D eigenvalue weighted by Gasteiger charge is 2.33. The molecule has 7 nitrogen and oxygen atoms in total. The zero-order chi connectivity index (χ0) is 26.1. The standard InChI is InChI=1S/C26H25Br2N3O4S/c1-6-35-25(33)22-14(2)29-26-31(23(22)16-8-10-20(34-5)18(28)13-16)24(32)21(36-26)12-15-7-9-19(30(3)4)17(27)11-15/h7-13,23H,6H2,1-5H3/b21-12-/t23-/m1/s1. The number of rotatable bonds is 6. The van der Waals surface area contributed by atoms with E-state index in [2.05, 4.69) is 36.9 Å². The third kappa shape index (κ3) is 4.94. The molecule has 0 amide bonds. The van der Waals surface area contributed by atoms with Crippen molar-refractivity contribution in [1.29, 1.82) is 0 Å². The van der Waals surface area contributed by atoms with Crippen LogP contribution in [0.4, 0.5) is 5.69 Å². The van der Waals surface area contributed by atoms with Crippen LogP contribution in [0.25, 0.3) is 6.08 Å². The predicted octanol–water partition coefficient (Wildman–Crippen LogP) is 4.40. The number of aromatic nitrogens is 1. The van der Waals surface area contributed by atoms with Crippen LogP contribution in [0.2, 0.25) is 0 Å². The summed E-state index contributed by atoms with van der Waals surface area (Å²) in [6.45, 7) is 3.74. The van der Waals surface area contributed by atoms with Crippen LogP contribution in [0.15, 0.2) is 66.4 Å². The molecule has 0 fully saturated rings. The van der Waals surface area contributed by atoms with Gasteiger partial charge in [-0.2, -0.15) is 0 Å². The number of esters is 1. The van der Waals surface area contributed by atoms with E-state index in [1.807, 2.05) is 55.4 Å². The van der Waals surface area contributed by atoms with Gasteiger partial charge < -0.3 is 14.4 Å². The number of thiazole rings is 1. The average molecular weight is 635 g/mol. The number of methoxy groups -OCH3 is 1. The van der Waals surface area contributed by atoms with E-state index in [1.165, 1.54) is 11.3 Å². The molecule has 0 bridgehead atoms. The molecule has 1 aromatic heterocycles. The first-order valence-electron chi connectivity index (χ1n) is 11.2. The van der Waals surface area contributed by atoms with Gasteiger partial charge in [0.2, 0.25) is 0 Å². The van der Waals surface area contributed by atoms with E-state index in [9.17, 15) is 9.59 Å². The largest absolute Gasteiger partial charge is 0.496 e. The number of hydrogen-bond donors (Lipinski definition) is 0. The molecule has 4 rings (SSSR count). The second kappa shape index (κ2) is 10.7. The SMILES string of the molecule is CCOC(=O)C1=C(C)N=c2s/c(=C\c3ccc(N(C)C)c(Br)c3)c(=O)n2[C@@H]1c1ccc(OC)c(Br)c1. The summed E-state index contributed by atoms with van der Waals surface area (Å²) in [7, 11) is 5.53. The van der Waals surface area contributed by atoms with E-state index in [0.717, 1.165) is 21.3 Å². The van der Waals surface area contributed by atoms with E-state index in [1.54, 1.807) is 31.6 Å². The van der Waals surface area contributed by atoms with Gasteiger partial charge in [0.15, 0.2) is 4.80 Å². The maximum atomic E-state index is 13.8. The Balaban J connectivity index is 1.93. The number of carbonyl (C=O) groups is 1. The van der Waals surface area contributed by atoms with Crippen molar-refractivity contribution < 1.29 is 14.3 Å². The fraction of sp³-hybridized carbons (Fsp3) is 0.269. The van der Waals surface area contributed by atoms with Gasteiger partial charge in [0.1, 0.15) is 5.75 Å². The summed E-state index contributed by atoms with van der Waals surface area (Å²) in [5.74, 6) is 0.157. The molecule has 0 saturated carbocycles. The van der Waals surface area contributed by atoms with Crippen LogP contribution in [-0.2, 0) is 9.53 Å². The molecule has 36 heavy (non-hydrogen) atoms. The minimum absolute atomic E-state index is 0.219. The molecular weight excluding hydrogens is 610 g/mol. The highest BCUT2D eigenvalue weighted by Crippen LogP contribution is 2.35. The summed E-state index contributed by atoms with van der Waals surface area (Å²) in [4.78, 5) is 34.0. The average Bonchev–Trinajstić information content (AvgIpc) is 3.12. The molecule has 10 heteroatoms. The van der Waals surface area contributed by atoms with Gasteiger partial charge in [-0.05, 0) is 87.2 Å². The van der Waals surface area contributed by atoms with E-state index in [4.69, 9.17) is 9.47 Å². The van der Waals surface area contributed by atoms with Crippen LogP contribution in [-0.4, -0.2) is 38.3 Å².